The van der Waals surface area contributed by atoms with Crippen molar-refractivity contribution < 1.29 is 19.4 Å². The maximum absolute atomic E-state index is 12.1. The fourth-order valence-electron chi connectivity index (χ4n) is 3.28. The van der Waals surface area contributed by atoms with E-state index >= 15 is 0 Å². The van der Waals surface area contributed by atoms with Crippen LogP contribution in [0.3, 0.4) is 0 Å². The number of ether oxygens (including phenoxy) is 1. The number of benzene rings is 1. The van der Waals surface area contributed by atoms with E-state index in [1.807, 2.05) is 30.3 Å². The van der Waals surface area contributed by atoms with Crippen LogP contribution in [0.2, 0.25) is 0 Å². The number of carbonyl (C=O) groups excluding carboxylic acids is 1. The molecular weight excluding hydrogens is 332 g/mol. The largest absolute Gasteiger partial charge is 0.481 e. The molecule has 1 unspecified atom stereocenters. The highest BCUT2D eigenvalue weighted by molar-refractivity contribution is 5.74. The molecule has 0 heterocycles. The number of urea groups is 1. The highest BCUT2D eigenvalue weighted by Crippen LogP contribution is 2.19. The van der Waals surface area contributed by atoms with Gasteiger partial charge in [0.25, 0.3) is 0 Å². The summed E-state index contributed by atoms with van der Waals surface area (Å²) >= 11 is 0. The molecule has 0 radical (unpaired) electrons. The number of aliphatic carboxylic acids is 1. The van der Waals surface area contributed by atoms with E-state index in [-0.39, 0.29) is 18.5 Å². The zero-order valence-electron chi connectivity index (χ0n) is 15.3. The quantitative estimate of drug-likeness (QED) is 0.558. The van der Waals surface area contributed by atoms with Gasteiger partial charge in [-0.05, 0) is 31.2 Å². The van der Waals surface area contributed by atoms with Gasteiger partial charge in [0.2, 0.25) is 0 Å². The summed E-state index contributed by atoms with van der Waals surface area (Å²) < 4.78 is 5.79. The third-order valence-electron chi connectivity index (χ3n) is 4.66. The molecule has 1 aliphatic rings. The molecule has 0 spiro atoms. The van der Waals surface area contributed by atoms with Gasteiger partial charge in [0.05, 0.1) is 12.7 Å². The Morgan fingerprint density at radius 1 is 1.15 bits per heavy atom. The second-order valence-corrected chi connectivity index (χ2v) is 6.85. The summed E-state index contributed by atoms with van der Waals surface area (Å²) in [5.74, 6) is -0.855. The average molecular weight is 362 g/mol. The lowest BCUT2D eigenvalue weighted by Gasteiger charge is -2.22. The lowest BCUT2D eigenvalue weighted by Crippen LogP contribution is -2.44. The van der Waals surface area contributed by atoms with E-state index in [1.165, 1.54) is 19.3 Å². The van der Waals surface area contributed by atoms with Crippen molar-refractivity contribution >= 4 is 12.0 Å². The maximum atomic E-state index is 12.1. The van der Waals surface area contributed by atoms with Crippen LogP contribution >= 0.6 is 0 Å². The highest BCUT2D eigenvalue weighted by Gasteiger charge is 2.16. The molecule has 0 aromatic heterocycles. The monoisotopic (exact) mass is 362 g/mol. The van der Waals surface area contributed by atoms with E-state index in [4.69, 9.17) is 9.84 Å². The van der Waals surface area contributed by atoms with E-state index in [0.29, 0.717) is 32.1 Å². The molecular formula is C20H30N2O4. The molecule has 2 rings (SSSR count). The van der Waals surface area contributed by atoms with Crippen molar-refractivity contribution in [1.29, 1.82) is 0 Å². The van der Waals surface area contributed by atoms with Gasteiger partial charge < -0.3 is 20.5 Å². The molecule has 2 amide bonds. The maximum Gasteiger partial charge on any atom is 0.315 e. The van der Waals surface area contributed by atoms with Crippen molar-refractivity contribution in [3.05, 3.63) is 35.9 Å². The Balaban J connectivity index is 1.70. The van der Waals surface area contributed by atoms with Crippen LogP contribution < -0.4 is 10.6 Å². The van der Waals surface area contributed by atoms with Crippen molar-refractivity contribution in [3.63, 3.8) is 0 Å². The van der Waals surface area contributed by atoms with Crippen LogP contribution in [0.5, 0.6) is 0 Å². The third kappa shape index (κ3) is 8.34. The van der Waals surface area contributed by atoms with Crippen molar-refractivity contribution in [2.24, 2.45) is 0 Å². The minimum atomic E-state index is -0.855. The number of rotatable bonds is 10. The van der Waals surface area contributed by atoms with Crippen LogP contribution in [0, 0.1) is 0 Å². The van der Waals surface area contributed by atoms with Crippen molar-refractivity contribution in [1.82, 2.24) is 10.6 Å². The summed E-state index contributed by atoms with van der Waals surface area (Å²) in [5, 5.41) is 14.6. The molecule has 6 nitrogen and oxygen atoms in total. The normalized spacial score (nSPS) is 16.0. The van der Waals surface area contributed by atoms with Crippen molar-refractivity contribution in [3.8, 4) is 0 Å². The summed E-state index contributed by atoms with van der Waals surface area (Å²) in [6.45, 7) is 0.968. The second-order valence-electron chi connectivity index (χ2n) is 6.85. The van der Waals surface area contributed by atoms with Crippen LogP contribution in [0.1, 0.15) is 50.5 Å². The average Bonchev–Trinajstić information content (AvgIpc) is 2.65. The third-order valence-corrected chi connectivity index (χ3v) is 4.66. The van der Waals surface area contributed by atoms with Gasteiger partial charge >= 0.3 is 12.0 Å². The minimum absolute atomic E-state index is 0.0303. The number of carboxylic acids is 1. The molecule has 1 atom stereocenters. The Kier molecular flexibility index (Phi) is 8.96. The number of carboxylic acid groups (broad SMARTS) is 1. The first-order valence-corrected chi connectivity index (χ1v) is 9.55. The summed E-state index contributed by atoms with van der Waals surface area (Å²) in [5.41, 5.74) is 1.07. The zero-order valence-corrected chi connectivity index (χ0v) is 15.3. The van der Waals surface area contributed by atoms with Crippen LogP contribution in [0.15, 0.2) is 30.3 Å². The molecule has 0 saturated heterocycles. The lowest BCUT2D eigenvalue weighted by molar-refractivity contribution is -0.137. The minimum Gasteiger partial charge on any atom is -0.481 e. The SMILES string of the molecule is O=C(O)CCC(Cc1ccccc1)NC(=O)NCCOC1CCCCC1. The number of carbonyl (C=O) groups is 2. The van der Waals surface area contributed by atoms with Crippen LogP contribution in [0.4, 0.5) is 4.79 Å². The molecule has 0 bridgehead atoms. The second kappa shape index (κ2) is 11.5. The summed E-state index contributed by atoms with van der Waals surface area (Å²) in [6.07, 6.45) is 7.33. The summed E-state index contributed by atoms with van der Waals surface area (Å²) in [4.78, 5) is 23.0. The van der Waals surface area contributed by atoms with Gasteiger partial charge in [0.15, 0.2) is 0 Å². The zero-order chi connectivity index (χ0) is 18.6. The van der Waals surface area contributed by atoms with Crippen LogP contribution in [-0.4, -0.2) is 42.4 Å². The number of hydrogen-bond acceptors (Lipinski definition) is 3. The van der Waals surface area contributed by atoms with Gasteiger partial charge in [-0.3, -0.25) is 4.79 Å². The van der Waals surface area contributed by atoms with E-state index in [9.17, 15) is 9.59 Å². The van der Waals surface area contributed by atoms with Gasteiger partial charge in [-0.2, -0.15) is 0 Å². The molecule has 1 saturated carbocycles. The van der Waals surface area contributed by atoms with Crippen LogP contribution in [-0.2, 0) is 16.0 Å². The van der Waals surface area contributed by atoms with Gasteiger partial charge in [-0.25, -0.2) is 4.79 Å². The molecule has 144 valence electrons. The van der Waals surface area contributed by atoms with Gasteiger partial charge in [-0.1, -0.05) is 49.6 Å². The lowest BCUT2D eigenvalue weighted by atomic mass is 9.98. The van der Waals surface area contributed by atoms with E-state index < -0.39 is 5.97 Å². The van der Waals surface area contributed by atoms with Gasteiger partial charge in [-0.15, -0.1) is 0 Å². The van der Waals surface area contributed by atoms with E-state index in [0.717, 1.165) is 18.4 Å². The summed E-state index contributed by atoms with van der Waals surface area (Å²) in [7, 11) is 0. The first-order chi connectivity index (χ1) is 12.6. The Bertz CT molecular complexity index is 544. The van der Waals surface area contributed by atoms with E-state index in [2.05, 4.69) is 10.6 Å². The topological polar surface area (TPSA) is 87.7 Å². The fraction of sp³-hybridized carbons (Fsp3) is 0.600. The fourth-order valence-corrected chi connectivity index (χ4v) is 3.28. The van der Waals surface area contributed by atoms with Gasteiger partial charge in [0.1, 0.15) is 0 Å². The number of amides is 2. The van der Waals surface area contributed by atoms with Crippen molar-refractivity contribution in [2.75, 3.05) is 13.2 Å². The molecule has 6 heteroatoms. The molecule has 1 aromatic rings. The molecule has 26 heavy (non-hydrogen) atoms. The first-order valence-electron chi connectivity index (χ1n) is 9.55. The number of nitrogens with one attached hydrogen (secondary N) is 2. The predicted octanol–water partition coefficient (Wildman–Crippen LogP) is 3.11. The molecule has 0 aliphatic heterocycles. The van der Waals surface area contributed by atoms with E-state index in [1.54, 1.807) is 0 Å². The Hall–Kier alpha value is -2.08. The smallest absolute Gasteiger partial charge is 0.315 e. The number of hydrogen-bond donors (Lipinski definition) is 3. The molecule has 1 aliphatic carbocycles. The highest BCUT2D eigenvalue weighted by atomic mass is 16.5. The van der Waals surface area contributed by atoms with Crippen LogP contribution in [0.25, 0.3) is 0 Å². The Labute approximate surface area is 155 Å². The van der Waals surface area contributed by atoms with Crippen molar-refractivity contribution in [2.45, 2.75) is 63.5 Å². The standard InChI is InChI=1S/C20H30N2O4/c23-19(24)12-11-17(15-16-7-3-1-4-8-16)22-20(25)21-13-14-26-18-9-5-2-6-10-18/h1,3-4,7-8,17-18H,2,5-6,9-15H2,(H,23,24)(H2,21,22,25). The molecule has 1 aromatic carbocycles. The molecule has 3 N–H and O–H groups in total. The van der Waals surface area contributed by atoms with Gasteiger partial charge in [0, 0.05) is 19.0 Å². The summed E-state index contributed by atoms with van der Waals surface area (Å²) in [6, 6.07) is 9.27. The Morgan fingerprint density at radius 2 is 1.88 bits per heavy atom. The Morgan fingerprint density at radius 3 is 2.58 bits per heavy atom. The molecule has 1 fully saturated rings. The first kappa shape index (κ1) is 20.2. The predicted molar refractivity (Wildman–Crippen MR) is 100 cm³/mol.